The van der Waals surface area contributed by atoms with E-state index < -0.39 is 0 Å². The van der Waals surface area contributed by atoms with Crippen LogP contribution in [0.3, 0.4) is 0 Å². The summed E-state index contributed by atoms with van der Waals surface area (Å²) in [5, 5.41) is 19.4. The Morgan fingerprint density at radius 1 is 1.54 bits per heavy atom. The number of hydrogen-bond donors (Lipinski definition) is 2. The summed E-state index contributed by atoms with van der Waals surface area (Å²) in [5.41, 5.74) is 2.31. The molecule has 13 heavy (non-hydrogen) atoms. The zero-order valence-corrected chi connectivity index (χ0v) is 7.23. The first kappa shape index (κ1) is 8.12. The summed E-state index contributed by atoms with van der Waals surface area (Å²) < 4.78 is 0. The van der Waals surface area contributed by atoms with Crippen molar-refractivity contribution >= 4 is 11.2 Å². The summed E-state index contributed by atoms with van der Waals surface area (Å²) in [5.74, 6) is 0. The predicted octanol–water partition coefficient (Wildman–Crippen LogP) is 0.276. The van der Waals surface area contributed by atoms with Gasteiger partial charge >= 0.3 is 0 Å². The number of aromatic amines is 1. The van der Waals surface area contributed by atoms with Crippen LogP contribution in [0.15, 0.2) is 12.3 Å². The van der Waals surface area contributed by atoms with E-state index in [1.165, 1.54) is 0 Å². The molecule has 2 heterocycles. The second-order valence-electron chi connectivity index (χ2n) is 3.06. The lowest BCUT2D eigenvalue weighted by atomic mass is 10.1. The Bertz CT molecular complexity index is 409. The molecule has 5 nitrogen and oxygen atoms in total. The van der Waals surface area contributed by atoms with E-state index in [-0.39, 0.29) is 6.10 Å². The van der Waals surface area contributed by atoms with Gasteiger partial charge in [-0.3, -0.25) is 0 Å². The van der Waals surface area contributed by atoms with E-state index in [0.29, 0.717) is 12.1 Å². The lowest BCUT2D eigenvalue weighted by Crippen LogP contribution is -2.04. The quantitative estimate of drug-likeness (QED) is 0.692. The number of aromatic nitrogens is 4. The van der Waals surface area contributed by atoms with E-state index in [1.807, 2.05) is 6.07 Å². The molecule has 0 aliphatic carbocycles. The summed E-state index contributed by atoms with van der Waals surface area (Å²) in [6.45, 7) is 1.74. The molecule has 2 rings (SSSR count). The topological polar surface area (TPSA) is 74.7 Å². The zero-order valence-electron chi connectivity index (χ0n) is 7.23. The monoisotopic (exact) mass is 178 g/mol. The van der Waals surface area contributed by atoms with Crippen LogP contribution < -0.4 is 0 Å². The second kappa shape index (κ2) is 3.10. The third kappa shape index (κ3) is 1.65. The van der Waals surface area contributed by atoms with Crippen molar-refractivity contribution in [3.05, 3.63) is 17.8 Å². The van der Waals surface area contributed by atoms with E-state index in [9.17, 15) is 0 Å². The fourth-order valence-electron chi connectivity index (χ4n) is 1.24. The molecule has 0 aliphatic heterocycles. The van der Waals surface area contributed by atoms with Crippen LogP contribution in [0, 0.1) is 0 Å². The molecule has 2 aromatic rings. The van der Waals surface area contributed by atoms with Crippen molar-refractivity contribution in [3.8, 4) is 0 Å². The van der Waals surface area contributed by atoms with Gasteiger partial charge in [0.1, 0.15) is 5.52 Å². The van der Waals surface area contributed by atoms with Gasteiger partial charge in [0.25, 0.3) is 0 Å². The van der Waals surface area contributed by atoms with Gasteiger partial charge in [-0.15, -0.1) is 5.10 Å². The molecule has 0 aromatic carbocycles. The van der Waals surface area contributed by atoms with Crippen LogP contribution in [0.1, 0.15) is 12.5 Å². The van der Waals surface area contributed by atoms with Crippen molar-refractivity contribution in [2.75, 3.05) is 0 Å². The van der Waals surface area contributed by atoms with Crippen molar-refractivity contribution in [2.45, 2.75) is 19.4 Å². The van der Waals surface area contributed by atoms with Crippen LogP contribution in [0.2, 0.25) is 0 Å². The zero-order chi connectivity index (χ0) is 9.26. The lowest BCUT2D eigenvalue weighted by Gasteiger charge is -2.02. The number of H-pyrrole nitrogens is 1. The minimum absolute atomic E-state index is 0.355. The molecule has 2 N–H and O–H groups in total. The number of aliphatic hydroxyl groups excluding tert-OH is 1. The van der Waals surface area contributed by atoms with Crippen LogP contribution in [-0.4, -0.2) is 31.6 Å². The minimum atomic E-state index is -0.355. The van der Waals surface area contributed by atoms with Gasteiger partial charge in [-0.25, -0.2) is 4.98 Å². The molecular formula is C8H10N4O. The third-order valence-corrected chi connectivity index (χ3v) is 1.76. The molecule has 0 fully saturated rings. The molecule has 0 saturated carbocycles. The number of hydrogen-bond acceptors (Lipinski definition) is 4. The molecule has 0 aliphatic rings. The van der Waals surface area contributed by atoms with Crippen molar-refractivity contribution in [1.29, 1.82) is 0 Å². The van der Waals surface area contributed by atoms with E-state index in [2.05, 4.69) is 20.4 Å². The van der Waals surface area contributed by atoms with Crippen LogP contribution in [0.5, 0.6) is 0 Å². The highest BCUT2D eigenvalue weighted by atomic mass is 16.3. The predicted molar refractivity (Wildman–Crippen MR) is 47.1 cm³/mol. The average Bonchev–Trinajstić information content (AvgIpc) is 2.49. The van der Waals surface area contributed by atoms with Crippen LogP contribution >= 0.6 is 0 Å². The van der Waals surface area contributed by atoms with E-state index in [0.717, 1.165) is 11.1 Å². The van der Waals surface area contributed by atoms with E-state index in [1.54, 1.807) is 13.1 Å². The van der Waals surface area contributed by atoms with Gasteiger partial charge in [0.15, 0.2) is 0 Å². The Hall–Kier alpha value is -1.49. The van der Waals surface area contributed by atoms with E-state index in [4.69, 9.17) is 5.11 Å². The summed E-state index contributed by atoms with van der Waals surface area (Å²) >= 11 is 0. The molecule has 2 aromatic heterocycles. The van der Waals surface area contributed by atoms with Gasteiger partial charge in [-0.1, -0.05) is 0 Å². The maximum absolute atomic E-state index is 9.16. The molecule has 1 unspecified atom stereocenters. The lowest BCUT2D eigenvalue weighted by molar-refractivity contribution is 0.195. The van der Waals surface area contributed by atoms with Crippen molar-refractivity contribution in [2.24, 2.45) is 0 Å². The molecule has 0 bridgehead atoms. The molecule has 68 valence electrons. The first-order valence-corrected chi connectivity index (χ1v) is 4.09. The summed E-state index contributed by atoms with van der Waals surface area (Å²) in [6.07, 6.45) is 1.94. The van der Waals surface area contributed by atoms with Crippen LogP contribution in [-0.2, 0) is 6.42 Å². The SMILES string of the molecule is CC(O)Cc1cnc2n[nH]nc2c1. The Labute approximate surface area is 74.8 Å². The normalized spacial score (nSPS) is 13.4. The number of rotatable bonds is 2. The highest BCUT2D eigenvalue weighted by Crippen LogP contribution is 2.08. The van der Waals surface area contributed by atoms with Crippen LogP contribution in [0.4, 0.5) is 0 Å². The Morgan fingerprint density at radius 2 is 2.38 bits per heavy atom. The maximum atomic E-state index is 9.16. The smallest absolute Gasteiger partial charge is 0.201 e. The van der Waals surface area contributed by atoms with Gasteiger partial charge in [-0.05, 0) is 25.0 Å². The first-order valence-electron chi connectivity index (χ1n) is 4.09. The summed E-state index contributed by atoms with van der Waals surface area (Å²) in [7, 11) is 0. The molecule has 5 heteroatoms. The Morgan fingerprint density at radius 3 is 3.15 bits per heavy atom. The van der Waals surface area contributed by atoms with Gasteiger partial charge in [0.2, 0.25) is 5.65 Å². The fourth-order valence-corrected chi connectivity index (χ4v) is 1.24. The second-order valence-corrected chi connectivity index (χ2v) is 3.06. The number of nitrogens with zero attached hydrogens (tertiary/aromatic N) is 3. The number of aliphatic hydroxyl groups is 1. The molecule has 0 radical (unpaired) electrons. The first-order chi connectivity index (χ1) is 6.25. The van der Waals surface area contributed by atoms with Crippen molar-refractivity contribution in [3.63, 3.8) is 0 Å². The molecule has 0 spiro atoms. The Balaban J connectivity index is 2.37. The Kier molecular flexibility index (Phi) is 1.94. The standard InChI is InChI=1S/C8H10N4O/c1-5(13)2-6-3-7-8(9-4-6)11-12-10-7/h3-5,13H,2H2,1H3,(H,9,10,11,12). The van der Waals surface area contributed by atoms with E-state index >= 15 is 0 Å². The van der Waals surface area contributed by atoms with Crippen molar-refractivity contribution in [1.82, 2.24) is 20.4 Å². The van der Waals surface area contributed by atoms with Gasteiger partial charge < -0.3 is 5.11 Å². The van der Waals surface area contributed by atoms with Gasteiger partial charge in [-0.2, -0.15) is 10.3 Å². The minimum Gasteiger partial charge on any atom is -0.393 e. The largest absolute Gasteiger partial charge is 0.393 e. The molecule has 0 amide bonds. The highest BCUT2D eigenvalue weighted by molar-refractivity contribution is 5.68. The fraction of sp³-hybridized carbons (Fsp3) is 0.375. The number of nitrogens with one attached hydrogen (secondary N) is 1. The van der Waals surface area contributed by atoms with Gasteiger partial charge in [0, 0.05) is 6.20 Å². The summed E-state index contributed by atoms with van der Waals surface area (Å²) in [4.78, 5) is 4.08. The average molecular weight is 178 g/mol. The third-order valence-electron chi connectivity index (χ3n) is 1.76. The summed E-state index contributed by atoms with van der Waals surface area (Å²) in [6, 6.07) is 1.87. The van der Waals surface area contributed by atoms with Gasteiger partial charge in [0.05, 0.1) is 6.10 Å². The van der Waals surface area contributed by atoms with Crippen molar-refractivity contribution < 1.29 is 5.11 Å². The maximum Gasteiger partial charge on any atom is 0.201 e. The molecule has 1 atom stereocenters. The van der Waals surface area contributed by atoms with Crippen LogP contribution in [0.25, 0.3) is 11.2 Å². The highest BCUT2D eigenvalue weighted by Gasteiger charge is 2.03. The number of pyridine rings is 1. The molecular weight excluding hydrogens is 168 g/mol. The number of fused-ring (bicyclic) bond motifs is 1. The molecule has 0 saturated heterocycles.